The first kappa shape index (κ1) is 17.5. The lowest BCUT2D eigenvalue weighted by Gasteiger charge is -2.13. The van der Waals surface area contributed by atoms with Crippen LogP contribution in [0.15, 0.2) is 60.9 Å². The Hall–Kier alpha value is -3.87. The van der Waals surface area contributed by atoms with Crippen molar-refractivity contribution in [2.75, 3.05) is 12.4 Å². The number of carbonyl (C=O) groups excluding carboxylic acids is 1. The van der Waals surface area contributed by atoms with Crippen LogP contribution in [-0.2, 0) is 7.05 Å². The van der Waals surface area contributed by atoms with Crippen LogP contribution in [0.3, 0.4) is 0 Å². The number of hydrogen-bond acceptors (Lipinski definition) is 5. The molecule has 0 bridgehead atoms. The number of para-hydroxylation sites is 1. The first-order valence-electron chi connectivity index (χ1n) is 8.69. The predicted octanol–water partition coefficient (Wildman–Crippen LogP) is 3.49. The average Bonchev–Trinajstić information content (AvgIpc) is 3.14. The van der Waals surface area contributed by atoms with E-state index in [1.54, 1.807) is 25.3 Å². The monoisotopic (exact) mass is 373 g/mol. The van der Waals surface area contributed by atoms with Gasteiger partial charge in [0, 0.05) is 30.4 Å². The van der Waals surface area contributed by atoms with Gasteiger partial charge < -0.3 is 20.4 Å². The van der Waals surface area contributed by atoms with Crippen molar-refractivity contribution in [3.63, 3.8) is 0 Å². The zero-order valence-electron chi connectivity index (χ0n) is 15.5. The molecule has 0 spiro atoms. The minimum absolute atomic E-state index is 0.387. The zero-order chi connectivity index (χ0) is 19.7. The van der Waals surface area contributed by atoms with Crippen molar-refractivity contribution < 1.29 is 9.53 Å². The number of nitrogens with two attached hydrogens (primary N) is 1. The number of benzene rings is 2. The van der Waals surface area contributed by atoms with Gasteiger partial charge in [0.1, 0.15) is 11.6 Å². The van der Waals surface area contributed by atoms with E-state index in [0.29, 0.717) is 28.6 Å². The Labute approximate surface area is 161 Å². The third-order valence-electron chi connectivity index (χ3n) is 4.44. The molecule has 2 aromatic heterocycles. The third-order valence-corrected chi connectivity index (χ3v) is 4.44. The fourth-order valence-corrected chi connectivity index (χ4v) is 3.03. The van der Waals surface area contributed by atoms with Gasteiger partial charge in [0.25, 0.3) is 5.91 Å². The minimum Gasteiger partial charge on any atom is -0.497 e. The predicted molar refractivity (Wildman–Crippen MR) is 109 cm³/mol. The van der Waals surface area contributed by atoms with Crippen molar-refractivity contribution in [2.45, 2.75) is 0 Å². The lowest BCUT2D eigenvalue weighted by Crippen LogP contribution is -2.13. The van der Waals surface area contributed by atoms with Crippen LogP contribution >= 0.6 is 0 Å². The molecule has 0 aliphatic heterocycles. The average molecular weight is 373 g/mol. The number of aromatic nitrogens is 3. The van der Waals surface area contributed by atoms with Crippen LogP contribution in [0.1, 0.15) is 10.4 Å². The maximum Gasteiger partial charge on any atom is 0.250 e. The summed E-state index contributed by atoms with van der Waals surface area (Å²) in [5, 5.41) is 4.03. The summed E-state index contributed by atoms with van der Waals surface area (Å²) in [4.78, 5) is 21.2. The van der Waals surface area contributed by atoms with Crippen LogP contribution < -0.4 is 15.8 Å². The smallest absolute Gasteiger partial charge is 0.250 e. The van der Waals surface area contributed by atoms with E-state index in [0.717, 1.165) is 16.5 Å². The quantitative estimate of drug-likeness (QED) is 0.558. The lowest BCUT2D eigenvalue weighted by molar-refractivity contribution is 0.100. The molecule has 0 fully saturated rings. The molecule has 7 heteroatoms. The Bertz CT molecular complexity index is 1180. The molecule has 4 rings (SSSR count). The molecule has 7 nitrogen and oxygen atoms in total. The summed E-state index contributed by atoms with van der Waals surface area (Å²) < 4.78 is 7.28. The van der Waals surface area contributed by atoms with Gasteiger partial charge in [-0.2, -0.15) is 0 Å². The van der Waals surface area contributed by atoms with Crippen LogP contribution in [0.2, 0.25) is 0 Å². The number of ether oxygens (including phenoxy) is 1. The second kappa shape index (κ2) is 7.03. The summed E-state index contributed by atoms with van der Waals surface area (Å²) in [6.45, 7) is 0. The van der Waals surface area contributed by atoms with Crippen molar-refractivity contribution in [3.05, 3.63) is 66.5 Å². The van der Waals surface area contributed by atoms with Gasteiger partial charge in [-0.05, 0) is 36.4 Å². The van der Waals surface area contributed by atoms with Crippen LogP contribution in [0.25, 0.3) is 22.3 Å². The van der Waals surface area contributed by atoms with Gasteiger partial charge >= 0.3 is 0 Å². The number of rotatable bonds is 5. The first-order valence-corrected chi connectivity index (χ1v) is 8.69. The van der Waals surface area contributed by atoms with Crippen LogP contribution in [0.4, 0.5) is 11.5 Å². The number of nitrogens with one attached hydrogen (secondary N) is 1. The minimum atomic E-state index is -0.512. The largest absolute Gasteiger partial charge is 0.497 e. The molecule has 2 aromatic carbocycles. The number of aryl methyl sites for hydroxylation is 1. The van der Waals surface area contributed by atoms with Gasteiger partial charge in [-0.15, -0.1) is 0 Å². The van der Waals surface area contributed by atoms with Crippen molar-refractivity contribution >= 4 is 28.3 Å². The van der Waals surface area contributed by atoms with Gasteiger partial charge in [0.05, 0.1) is 23.9 Å². The molecule has 140 valence electrons. The van der Waals surface area contributed by atoms with Gasteiger partial charge in [-0.25, -0.2) is 9.97 Å². The molecule has 1 amide bonds. The molecule has 2 heterocycles. The summed E-state index contributed by atoms with van der Waals surface area (Å²) >= 11 is 0. The first-order chi connectivity index (χ1) is 13.5. The van der Waals surface area contributed by atoms with Crippen LogP contribution in [0, 0.1) is 0 Å². The zero-order valence-corrected chi connectivity index (χ0v) is 15.5. The molecule has 0 saturated carbocycles. The van der Waals surface area contributed by atoms with Crippen molar-refractivity contribution in [1.29, 1.82) is 0 Å². The van der Waals surface area contributed by atoms with E-state index in [-0.39, 0.29) is 0 Å². The Morgan fingerprint density at radius 3 is 2.68 bits per heavy atom. The molecule has 4 aromatic rings. The normalized spacial score (nSPS) is 10.8. The molecular weight excluding hydrogens is 354 g/mol. The van der Waals surface area contributed by atoms with E-state index in [1.807, 2.05) is 54.3 Å². The molecule has 0 saturated heterocycles. The van der Waals surface area contributed by atoms with E-state index < -0.39 is 5.91 Å². The molecule has 0 aliphatic carbocycles. The summed E-state index contributed by atoms with van der Waals surface area (Å²) in [7, 11) is 3.55. The highest BCUT2D eigenvalue weighted by Gasteiger charge is 2.14. The van der Waals surface area contributed by atoms with Gasteiger partial charge in [0.2, 0.25) is 0 Å². The molecule has 28 heavy (non-hydrogen) atoms. The highest BCUT2D eigenvalue weighted by atomic mass is 16.5. The summed E-state index contributed by atoms with van der Waals surface area (Å²) in [5.74, 6) is 1.32. The molecule has 3 N–H and O–H groups in total. The lowest BCUT2D eigenvalue weighted by atomic mass is 10.1. The van der Waals surface area contributed by atoms with E-state index in [9.17, 15) is 4.79 Å². The summed E-state index contributed by atoms with van der Waals surface area (Å²) in [5.41, 5.74) is 8.14. The standard InChI is InChI=1S/C21H19N5O2/c1-26-10-9-13(12-26)20-23-18-8-7-14(28-2)11-16(18)21(25-20)24-17-6-4-3-5-15(17)19(22)27/h3-12H,1-2H3,(H2,22,27)(H,23,24,25). The number of hydrogen-bond donors (Lipinski definition) is 2. The Morgan fingerprint density at radius 1 is 1.14 bits per heavy atom. The topological polar surface area (TPSA) is 95.1 Å². The molecule has 0 aliphatic rings. The second-order valence-electron chi connectivity index (χ2n) is 6.38. The summed E-state index contributed by atoms with van der Waals surface area (Å²) in [6.07, 6.45) is 3.89. The SMILES string of the molecule is COc1ccc2nc(-c3ccn(C)c3)nc(Nc3ccccc3C(N)=O)c2c1. The molecule has 0 unspecified atom stereocenters. The number of carbonyl (C=O) groups is 1. The fraction of sp³-hybridized carbons (Fsp3) is 0.0952. The fourth-order valence-electron chi connectivity index (χ4n) is 3.03. The van der Waals surface area contributed by atoms with E-state index in [4.69, 9.17) is 15.5 Å². The van der Waals surface area contributed by atoms with Crippen molar-refractivity contribution in [2.24, 2.45) is 12.8 Å². The number of anilines is 2. The highest BCUT2D eigenvalue weighted by Crippen LogP contribution is 2.31. The van der Waals surface area contributed by atoms with E-state index in [2.05, 4.69) is 10.3 Å². The second-order valence-corrected chi connectivity index (χ2v) is 6.38. The van der Waals surface area contributed by atoms with Crippen molar-refractivity contribution in [1.82, 2.24) is 14.5 Å². The van der Waals surface area contributed by atoms with Gasteiger partial charge in [0.15, 0.2) is 5.82 Å². The number of primary amides is 1. The number of nitrogens with zero attached hydrogens (tertiary/aromatic N) is 3. The Morgan fingerprint density at radius 2 is 1.96 bits per heavy atom. The van der Waals surface area contributed by atoms with E-state index in [1.165, 1.54) is 0 Å². The van der Waals surface area contributed by atoms with Crippen LogP contribution in [-0.4, -0.2) is 27.6 Å². The number of methoxy groups -OCH3 is 1. The van der Waals surface area contributed by atoms with Gasteiger partial charge in [-0.1, -0.05) is 12.1 Å². The molecule has 0 radical (unpaired) electrons. The maximum atomic E-state index is 11.8. The summed E-state index contributed by atoms with van der Waals surface area (Å²) in [6, 6.07) is 14.6. The maximum absolute atomic E-state index is 11.8. The Balaban J connectivity index is 1.90. The third kappa shape index (κ3) is 3.25. The van der Waals surface area contributed by atoms with Crippen molar-refractivity contribution in [3.8, 4) is 17.1 Å². The molecule has 0 atom stereocenters. The highest BCUT2D eigenvalue weighted by molar-refractivity contribution is 6.01. The molecular formula is C21H19N5O2. The Kier molecular flexibility index (Phi) is 4.41. The number of amides is 1. The van der Waals surface area contributed by atoms with Crippen LogP contribution in [0.5, 0.6) is 5.75 Å². The van der Waals surface area contributed by atoms with E-state index >= 15 is 0 Å². The van der Waals surface area contributed by atoms with Gasteiger partial charge in [-0.3, -0.25) is 4.79 Å². The number of fused-ring (bicyclic) bond motifs is 1.